The van der Waals surface area contributed by atoms with Gasteiger partial charge in [-0.2, -0.15) is 13.6 Å². The van der Waals surface area contributed by atoms with Gasteiger partial charge in [0.05, 0.1) is 43.4 Å². The number of anilines is 1. The van der Waals surface area contributed by atoms with Crippen molar-refractivity contribution in [2.75, 3.05) is 63.6 Å². The van der Waals surface area contributed by atoms with Crippen molar-refractivity contribution in [3.8, 4) is 11.8 Å². The third-order valence-corrected chi connectivity index (χ3v) is 24.1. The summed E-state index contributed by atoms with van der Waals surface area (Å²) < 4.78 is 53.0. The van der Waals surface area contributed by atoms with E-state index in [2.05, 4.69) is 102 Å². The molecule has 4 aromatic rings. The number of nitrogen functional groups attached to an aromatic ring is 1. The molecule has 1 saturated heterocycles. The number of nitrogens with zero attached hydrogens (tertiary/aromatic N) is 4. The highest BCUT2D eigenvalue weighted by atomic mass is 33.1. The van der Waals surface area contributed by atoms with E-state index in [-0.39, 0.29) is 116 Å². The first kappa shape index (κ1) is 91.0. The van der Waals surface area contributed by atoms with Gasteiger partial charge in [-0.05, 0) is 117 Å². The molecule has 2 aliphatic carbocycles. The van der Waals surface area contributed by atoms with E-state index in [0.717, 1.165) is 46.9 Å². The lowest BCUT2D eigenvalue weighted by Gasteiger charge is -2.38. The van der Waals surface area contributed by atoms with Crippen molar-refractivity contribution in [1.29, 1.82) is 0 Å². The zero-order valence-electron chi connectivity index (χ0n) is 62.0. The van der Waals surface area contributed by atoms with Crippen LogP contribution in [0.25, 0.3) is 0 Å². The van der Waals surface area contributed by atoms with Gasteiger partial charge in [-0.3, -0.25) is 57.2 Å². The highest BCUT2D eigenvalue weighted by Gasteiger charge is 2.44. The fraction of sp³-hybridized carbons (Fsp3) is 0.451. The number of amides is 7. The maximum Gasteiger partial charge on any atom is 0.490 e. The van der Waals surface area contributed by atoms with Crippen LogP contribution in [0.2, 0.25) is 0 Å². The van der Waals surface area contributed by atoms with Crippen LogP contribution >= 0.6 is 45.1 Å². The number of aliphatic imine (C=N–C) groups is 1. The number of phosphoric acid groups is 3. The smallest absolute Gasteiger partial charge is 0.481 e. The lowest BCUT2D eigenvalue weighted by atomic mass is 9.65. The van der Waals surface area contributed by atoms with Crippen LogP contribution in [0.4, 0.5) is 5.82 Å². The largest absolute Gasteiger partial charge is 0.490 e. The number of benzene rings is 3. The van der Waals surface area contributed by atoms with Gasteiger partial charge in [-0.15, -0.1) is 0 Å². The van der Waals surface area contributed by atoms with Crippen LogP contribution < -0.4 is 43.3 Å². The number of carboxylic acids is 3. The quantitative estimate of drug-likeness (QED) is 0.0129. The molecule has 1 aliphatic heterocycles. The molecule has 37 nitrogen and oxygen atoms in total. The number of aryl methyl sites for hydroxylation is 2. The number of carbonyl (C=O) groups is 10. The van der Waals surface area contributed by atoms with E-state index < -0.39 is 133 Å². The molecular formula is C71H90N11O26P3S2. The van der Waals surface area contributed by atoms with Gasteiger partial charge in [0.15, 0.2) is 0 Å². The molecule has 612 valence electrons. The van der Waals surface area contributed by atoms with Crippen molar-refractivity contribution in [3.05, 3.63) is 151 Å². The first-order valence-electron chi connectivity index (χ1n) is 35.5. The third kappa shape index (κ3) is 27.8. The molecule has 7 amide bonds. The second-order valence-corrected chi connectivity index (χ2v) is 33.4. The number of rotatable bonds is 41. The topological polar surface area (TPSA) is 569 Å². The summed E-state index contributed by atoms with van der Waals surface area (Å²) in [7, 11) is -12.9. The molecule has 0 spiro atoms. The molecule has 10 atom stereocenters. The van der Waals surface area contributed by atoms with E-state index >= 15 is 0 Å². The highest BCUT2D eigenvalue weighted by molar-refractivity contribution is 8.76. The summed E-state index contributed by atoms with van der Waals surface area (Å²) in [5, 5.41) is 53.6. The summed E-state index contributed by atoms with van der Waals surface area (Å²) >= 11 is 0. The molecule has 8 unspecified atom stereocenters. The van der Waals surface area contributed by atoms with Gasteiger partial charge in [0.1, 0.15) is 36.3 Å². The number of carbonyl (C=O) groups excluding carboxylic acids is 7. The lowest BCUT2D eigenvalue weighted by Crippen LogP contribution is -2.56. The Morgan fingerprint density at radius 1 is 0.788 bits per heavy atom. The Labute approximate surface area is 656 Å². The van der Waals surface area contributed by atoms with E-state index in [1.54, 1.807) is 11.9 Å². The standard InChI is InChI=1S/C71H90N11O26P3S2/c1-6-14-42-31-46-33-47-34-53(73-7-2)41(4)30-51(47)63(50(46)29-40(42)3)48-18-8-9-19-49(48)69(94)81(5)26-12-21-58(84)75-24-25-76-65(90)43-15-10-16-44(32-43)66(91)77-52(67(92)78-54(35-61(86)87)68(93)79-55(70(95)96)36-62(88)89)20-13-27-112-113-28-22-59(85)74-23-11-17-45-38-82(71(97)80-64(45)72)60-37-56(83)57(106-60)39-105-110(101,102)108-111(103,104)107-109(98,99)100/h8-10,15-16,18-19,29-32,34,38,51-52,54-57,60,63,83H,6-7,12-14,20-28,33,35-37,39H2,1-5H3,(H,74,85)(H,75,84)(H,76,90)(H,77,91)(H,78,92)(H,79,93)(H,86,87)(H,88,89)(H,95,96)(H,101,102)(H,103,104)(H2,72,80,97)(H2,98,99,100)/b73-53+/t51?,52?,54?,55?,56?,57-,60-,63?/m1/s1. The Morgan fingerprint density at radius 3 is 2.14 bits per heavy atom. The van der Waals surface area contributed by atoms with Crippen LogP contribution in [0.15, 0.2) is 99.9 Å². The number of nitrogens with two attached hydrogens (primary N) is 1. The molecule has 0 saturated carbocycles. The predicted molar refractivity (Wildman–Crippen MR) is 412 cm³/mol. The number of aromatic nitrogens is 2. The summed E-state index contributed by atoms with van der Waals surface area (Å²) in [6, 6.07) is 12.1. The van der Waals surface area contributed by atoms with Crippen LogP contribution in [0.3, 0.4) is 0 Å². The Bertz CT molecular complexity index is 4620. The summed E-state index contributed by atoms with van der Waals surface area (Å²) in [6.45, 7) is 8.05. The van der Waals surface area contributed by atoms with E-state index in [0.29, 0.717) is 18.5 Å². The van der Waals surface area contributed by atoms with Crippen molar-refractivity contribution in [3.63, 3.8) is 0 Å². The van der Waals surface area contributed by atoms with Gasteiger partial charge < -0.3 is 87.3 Å². The molecule has 2 heterocycles. The molecule has 3 aromatic carbocycles. The minimum Gasteiger partial charge on any atom is -0.481 e. The second-order valence-electron chi connectivity index (χ2n) is 26.3. The third-order valence-electron chi connectivity index (χ3n) is 17.8. The number of phosphoric ester groups is 1. The normalized spacial score (nSPS) is 18.6. The molecule has 7 rings (SSSR count). The molecular weight excluding hydrogens is 1580 g/mol. The van der Waals surface area contributed by atoms with Crippen LogP contribution in [-0.2, 0) is 78.0 Å². The van der Waals surface area contributed by atoms with Gasteiger partial charge >= 0.3 is 47.1 Å². The Morgan fingerprint density at radius 2 is 1.45 bits per heavy atom. The van der Waals surface area contributed by atoms with Crippen molar-refractivity contribution in [2.45, 2.75) is 141 Å². The monoisotopic (exact) mass is 1670 g/mol. The van der Waals surface area contributed by atoms with Crippen molar-refractivity contribution in [1.82, 2.24) is 46.4 Å². The second kappa shape index (κ2) is 42.2. The number of hydrogen-bond donors (Lipinski definition) is 15. The molecule has 0 bridgehead atoms. The van der Waals surface area contributed by atoms with E-state index in [4.69, 9.17) is 25.2 Å². The molecule has 113 heavy (non-hydrogen) atoms. The zero-order valence-corrected chi connectivity index (χ0v) is 66.3. The van der Waals surface area contributed by atoms with Crippen LogP contribution in [0.1, 0.15) is 155 Å². The Balaban J connectivity index is 0.890. The fourth-order valence-electron chi connectivity index (χ4n) is 12.4. The number of nitrogens with one attached hydrogen (secondary N) is 6. The molecule has 42 heteroatoms. The van der Waals surface area contributed by atoms with Crippen molar-refractivity contribution in [2.24, 2.45) is 10.9 Å². The van der Waals surface area contributed by atoms with Gasteiger partial charge in [-0.1, -0.05) is 94.8 Å². The van der Waals surface area contributed by atoms with Gasteiger partial charge in [-0.25, -0.2) is 23.3 Å². The summed E-state index contributed by atoms with van der Waals surface area (Å²) in [5.41, 5.74) is 14.5. The van der Waals surface area contributed by atoms with E-state index in [9.17, 15) is 96.6 Å². The van der Waals surface area contributed by atoms with Crippen LogP contribution in [0, 0.1) is 24.7 Å². The average Bonchev–Trinajstić information content (AvgIpc) is 1.26. The molecule has 0 radical (unpaired) electrons. The summed E-state index contributed by atoms with van der Waals surface area (Å²) in [4.78, 5) is 190. The summed E-state index contributed by atoms with van der Waals surface area (Å²) in [5.74, 6) is -4.68. The van der Waals surface area contributed by atoms with Crippen molar-refractivity contribution < 1.29 is 120 Å². The highest BCUT2D eigenvalue weighted by Crippen LogP contribution is 2.66. The maximum absolute atomic E-state index is 14.5. The molecule has 3 aliphatic rings. The van der Waals surface area contributed by atoms with Crippen LogP contribution in [-0.4, -0.2) is 208 Å². The number of allylic oxidation sites excluding steroid dienone is 4. The van der Waals surface area contributed by atoms with Crippen LogP contribution in [0.5, 0.6) is 0 Å². The predicted octanol–water partition coefficient (Wildman–Crippen LogP) is 3.95. The number of aliphatic hydroxyl groups excluding tert-OH is 1. The number of aliphatic carboxylic acids is 3. The number of aliphatic hydroxyl groups is 1. The fourth-order valence-corrected chi connectivity index (χ4v) is 17.6. The first-order chi connectivity index (χ1) is 53.4. The number of ether oxygens (including phenoxy) is 1. The van der Waals surface area contributed by atoms with E-state index in [1.807, 2.05) is 36.5 Å². The molecule has 16 N–H and O–H groups in total. The number of fused-ring (bicyclic) bond motifs is 2. The number of hydrogen-bond acceptors (Lipinski definition) is 24. The van der Waals surface area contributed by atoms with Crippen molar-refractivity contribution >= 4 is 116 Å². The maximum atomic E-state index is 14.5. The number of carboxylic acid groups (broad SMARTS) is 3. The molecule has 1 fully saturated rings. The van der Waals surface area contributed by atoms with E-state index in [1.165, 1.54) is 73.7 Å². The minimum atomic E-state index is -5.85. The molecule has 1 aromatic heterocycles. The minimum absolute atomic E-state index is 0.00396. The van der Waals surface area contributed by atoms with Gasteiger partial charge in [0.25, 0.3) is 17.7 Å². The SMILES string of the molecule is CCCc1cc2c(cc1C)C(c1ccccc1C(=O)N(C)CCCC(=O)NCCNC(=O)c1cccc(C(=O)NC(CCCSSCCC(=O)NCC#Cc3cn([C@H]4CC(O)[C@@H](COP(=O)(O)OP(=O)(O)OP(=O)(O)O)O4)c(=O)nc3N)C(=O)NC(CC(=O)O)C(=O)NC(CC(=O)O)C(=O)O)c1)C1C=C(C)/C(=N/CC)C=C1C2. The van der Waals surface area contributed by atoms with Gasteiger partial charge in [0, 0.05) is 98.7 Å². The Hall–Kier alpha value is -9.22. The summed E-state index contributed by atoms with van der Waals surface area (Å²) in [6.07, 6.45) is 1.85. The average molecular weight is 1670 g/mol. The Kier molecular flexibility index (Phi) is 34.0. The lowest BCUT2D eigenvalue weighted by molar-refractivity contribution is -0.148. The zero-order chi connectivity index (χ0) is 83.1. The first-order valence-corrected chi connectivity index (χ1v) is 42.5. The van der Waals surface area contributed by atoms with Gasteiger partial charge in [0.2, 0.25) is 23.6 Å².